The van der Waals surface area contributed by atoms with Crippen molar-refractivity contribution in [2.24, 2.45) is 11.7 Å². The van der Waals surface area contributed by atoms with Crippen molar-refractivity contribution < 1.29 is 9.21 Å². The van der Waals surface area contributed by atoms with Crippen molar-refractivity contribution in [1.29, 1.82) is 0 Å². The first kappa shape index (κ1) is 19.0. The summed E-state index contributed by atoms with van der Waals surface area (Å²) < 4.78 is 5.30. The summed E-state index contributed by atoms with van der Waals surface area (Å²) in [6.45, 7) is 2.40. The average Bonchev–Trinajstić information content (AvgIpc) is 2.99. The van der Waals surface area contributed by atoms with E-state index in [9.17, 15) is 4.79 Å². The van der Waals surface area contributed by atoms with E-state index in [0.29, 0.717) is 23.9 Å². The van der Waals surface area contributed by atoms with Crippen LogP contribution in [0.4, 0.5) is 0 Å². The molecule has 1 aliphatic carbocycles. The normalized spacial score (nSPS) is 14.6. The molecule has 3 N–H and O–H groups in total. The van der Waals surface area contributed by atoms with Crippen molar-refractivity contribution in [2.75, 3.05) is 6.54 Å². The molecular weight excluding hydrogens is 345 g/mol. The maximum Gasteiger partial charge on any atom is 0.271 e. The van der Waals surface area contributed by atoms with Gasteiger partial charge in [-0.25, -0.2) is 4.98 Å². The molecule has 0 aromatic carbocycles. The number of thiazole rings is 1. The van der Waals surface area contributed by atoms with E-state index in [1.807, 2.05) is 13.0 Å². The van der Waals surface area contributed by atoms with Gasteiger partial charge in [-0.3, -0.25) is 4.79 Å². The molecule has 3 rings (SSSR count). The summed E-state index contributed by atoms with van der Waals surface area (Å²) >= 11 is 1.46. The van der Waals surface area contributed by atoms with E-state index in [1.54, 1.807) is 12.3 Å². The molecule has 2 aromatic rings. The highest BCUT2D eigenvalue weighted by Crippen LogP contribution is 2.31. The molecular formula is C14H19Cl2N3O2S. The number of carbonyl (C=O) groups excluding carboxylic acids is 1. The summed E-state index contributed by atoms with van der Waals surface area (Å²) in [7, 11) is 0. The second-order valence-electron chi connectivity index (χ2n) is 5.11. The van der Waals surface area contributed by atoms with Gasteiger partial charge in [-0.1, -0.05) is 0 Å². The maximum absolute atomic E-state index is 12.1. The highest BCUT2D eigenvalue weighted by atomic mass is 35.5. The van der Waals surface area contributed by atoms with Crippen molar-refractivity contribution in [3.63, 3.8) is 0 Å². The summed E-state index contributed by atoms with van der Waals surface area (Å²) in [5, 5.41) is 3.60. The molecule has 0 bridgehead atoms. The molecule has 122 valence electrons. The molecule has 2 heterocycles. The number of hydrogen-bond acceptors (Lipinski definition) is 5. The molecule has 0 radical (unpaired) electrons. The van der Waals surface area contributed by atoms with Crippen LogP contribution in [0.25, 0.3) is 10.8 Å². The molecule has 5 nitrogen and oxygen atoms in total. The molecule has 1 fully saturated rings. The van der Waals surface area contributed by atoms with Gasteiger partial charge in [0.2, 0.25) is 0 Å². The summed E-state index contributed by atoms with van der Waals surface area (Å²) in [6, 6.07) is 3.70. The molecule has 1 atom stereocenters. The lowest BCUT2D eigenvalue weighted by molar-refractivity contribution is 0.0945. The molecule has 0 spiro atoms. The van der Waals surface area contributed by atoms with E-state index in [2.05, 4.69) is 10.3 Å². The van der Waals surface area contributed by atoms with E-state index in [-0.39, 0.29) is 36.8 Å². The van der Waals surface area contributed by atoms with Crippen molar-refractivity contribution >= 4 is 42.1 Å². The fraction of sp³-hybridized carbons (Fsp3) is 0.429. The number of hydrogen-bond donors (Lipinski definition) is 2. The Kier molecular flexibility index (Phi) is 6.87. The summed E-state index contributed by atoms with van der Waals surface area (Å²) in [4.78, 5) is 17.4. The Morgan fingerprint density at radius 3 is 2.86 bits per heavy atom. The number of amides is 1. The fourth-order valence-electron chi connectivity index (χ4n) is 2.10. The summed E-state index contributed by atoms with van der Waals surface area (Å²) in [5.74, 6) is 1.10. The zero-order valence-electron chi connectivity index (χ0n) is 12.1. The third-order valence-corrected chi connectivity index (χ3v) is 4.45. The van der Waals surface area contributed by atoms with Crippen LogP contribution in [0.3, 0.4) is 0 Å². The first-order chi connectivity index (χ1) is 9.65. The fourth-order valence-corrected chi connectivity index (χ4v) is 2.98. The Balaban J connectivity index is 0.00000121. The first-order valence-corrected chi connectivity index (χ1v) is 7.52. The lowest BCUT2D eigenvalue weighted by Crippen LogP contribution is -2.38. The molecule has 2 aromatic heterocycles. The SMILES string of the molecule is Cc1sc(-c2ccco2)nc1C(=O)NCC(N)C1CC1.Cl.Cl. The predicted octanol–water partition coefficient (Wildman–Crippen LogP) is 3.02. The molecule has 1 saturated carbocycles. The lowest BCUT2D eigenvalue weighted by Gasteiger charge is -2.10. The summed E-state index contributed by atoms with van der Waals surface area (Å²) in [5.41, 5.74) is 6.44. The molecule has 0 saturated heterocycles. The maximum atomic E-state index is 12.1. The highest BCUT2D eigenvalue weighted by molar-refractivity contribution is 7.15. The number of nitrogens with zero attached hydrogens (tertiary/aromatic N) is 1. The number of nitrogens with one attached hydrogen (secondary N) is 1. The van der Waals surface area contributed by atoms with Crippen LogP contribution in [0.5, 0.6) is 0 Å². The molecule has 1 aliphatic rings. The van der Waals surface area contributed by atoms with Crippen molar-refractivity contribution in [2.45, 2.75) is 25.8 Å². The third kappa shape index (κ3) is 4.23. The minimum absolute atomic E-state index is 0. The molecule has 1 unspecified atom stereocenters. The van der Waals surface area contributed by atoms with Crippen LogP contribution in [0.2, 0.25) is 0 Å². The van der Waals surface area contributed by atoms with Gasteiger partial charge < -0.3 is 15.5 Å². The smallest absolute Gasteiger partial charge is 0.271 e. The van der Waals surface area contributed by atoms with Crippen LogP contribution < -0.4 is 11.1 Å². The largest absolute Gasteiger partial charge is 0.462 e. The summed E-state index contributed by atoms with van der Waals surface area (Å²) in [6.07, 6.45) is 3.95. The van der Waals surface area contributed by atoms with Gasteiger partial charge in [-0.2, -0.15) is 0 Å². The molecule has 22 heavy (non-hydrogen) atoms. The molecule has 0 aliphatic heterocycles. The van der Waals surface area contributed by atoms with Crippen molar-refractivity contribution in [3.05, 3.63) is 29.0 Å². The number of carbonyl (C=O) groups is 1. The van der Waals surface area contributed by atoms with Crippen LogP contribution in [-0.4, -0.2) is 23.5 Å². The highest BCUT2D eigenvalue weighted by Gasteiger charge is 2.29. The quantitative estimate of drug-likeness (QED) is 0.855. The minimum Gasteiger partial charge on any atom is -0.462 e. The van der Waals surface area contributed by atoms with E-state index < -0.39 is 0 Å². The zero-order chi connectivity index (χ0) is 14.1. The lowest BCUT2D eigenvalue weighted by atomic mass is 10.2. The van der Waals surface area contributed by atoms with Crippen LogP contribution in [0, 0.1) is 12.8 Å². The van der Waals surface area contributed by atoms with Crippen molar-refractivity contribution in [3.8, 4) is 10.8 Å². The van der Waals surface area contributed by atoms with E-state index in [4.69, 9.17) is 10.2 Å². The third-order valence-electron chi connectivity index (χ3n) is 3.47. The zero-order valence-corrected chi connectivity index (χ0v) is 14.5. The van der Waals surface area contributed by atoms with Gasteiger partial charge in [0.25, 0.3) is 5.91 Å². The Morgan fingerprint density at radius 1 is 1.55 bits per heavy atom. The van der Waals surface area contributed by atoms with Crippen LogP contribution in [0.1, 0.15) is 28.2 Å². The Hall–Kier alpha value is -1.08. The van der Waals surface area contributed by atoms with Gasteiger partial charge in [-0.05, 0) is 37.8 Å². The van der Waals surface area contributed by atoms with Gasteiger partial charge in [0, 0.05) is 17.5 Å². The van der Waals surface area contributed by atoms with Gasteiger partial charge in [0.15, 0.2) is 10.8 Å². The molecule has 8 heteroatoms. The van der Waals surface area contributed by atoms with Crippen molar-refractivity contribution in [1.82, 2.24) is 10.3 Å². The minimum atomic E-state index is -0.160. The van der Waals surface area contributed by atoms with E-state index in [0.717, 1.165) is 9.88 Å². The predicted molar refractivity (Wildman–Crippen MR) is 92.1 cm³/mol. The Bertz CT molecular complexity index is 612. The van der Waals surface area contributed by atoms with Gasteiger partial charge in [-0.15, -0.1) is 36.2 Å². The first-order valence-electron chi connectivity index (χ1n) is 6.70. The van der Waals surface area contributed by atoms with Gasteiger partial charge in [0.1, 0.15) is 5.69 Å². The number of aryl methyl sites for hydroxylation is 1. The number of rotatable bonds is 5. The standard InChI is InChI=1S/C14H17N3O2S.2ClH/c1-8-12(13(18)16-7-10(15)9-4-5-9)17-14(20-8)11-3-2-6-19-11;;/h2-3,6,9-10H,4-5,7,15H2,1H3,(H,16,18);2*1H. The monoisotopic (exact) mass is 363 g/mol. The number of furan rings is 1. The number of halogens is 2. The number of aromatic nitrogens is 1. The Labute approximate surface area is 145 Å². The van der Waals surface area contributed by atoms with Crippen LogP contribution in [0.15, 0.2) is 22.8 Å². The van der Waals surface area contributed by atoms with E-state index >= 15 is 0 Å². The topological polar surface area (TPSA) is 81.2 Å². The van der Waals surface area contributed by atoms with Gasteiger partial charge in [0.05, 0.1) is 6.26 Å². The van der Waals surface area contributed by atoms with E-state index in [1.165, 1.54) is 24.2 Å². The number of nitrogens with two attached hydrogens (primary N) is 1. The van der Waals surface area contributed by atoms with Crippen LogP contribution >= 0.6 is 36.2 Å². The van der Waals surface area contributed by atoms with Gasteiger partial charge >= 0.3 is 0 Å². The second-order valence-corrected chi connectivity index (χ2v) is 6.32. The van der Waals surface area contributed by atoms with Crippen LogP contribution in [-0.2, 0) is 0 Å². The molecule has 1 amide bonds. The Morgan fingerprint density at radius 2 is 2.27 bits per heavy atom. The second kappa shape index (κ2) is 7.97. The average molecular weight is 364 g/mol.